The van der Waals surface area contributed by atoms with Gasteiger partial charge in [-0.15, -0.1) is 0 Å². The SMILES string of the molecule is Cn1cnc(CNCCC(C)(C)O)n1. The van der Waals surface area contributed by atoms with Crippen molar-refractivity contribution in [2.24, 2.45) is 7.05 Å². The molecule has 0 aliphatic rings. The van der Waals surface area contributed by atoms with E-state index < -0.39 is 5.60 Å². The van der Waals surface area contributed by atoms with E-state index in [0.29, 0.717) is 6.54 Å². The molecule has 0 amide bonds. The molecule has 1 aromatic rings. The third kappa shape index (κ3) is 4.34. The second-order valence-corrected chi connectivity index (χ2v) is 4.07. The zero-order chi connectivity index (χ0) is 10.6. The van der Waals surface area contributed by atoms with E-state index in [0.717, 1.165) is 18.8 Å². The maximum atomic E-state index is 9.44. The van der Waals surface area contributed by atoms with Gasteiger partial charge in [0, 0.05) is 7.05 Å². The van der Waals surface area contributed by atoms with E-state index >= 15 is 0 Å². The molecule has 1 aromatic heterocycles. The second-order valence-electron chi connectivity index (χ2n) is 4.07. The van der Waals surface area contributed by atoms with Crippen molar-refractivity contribution in [1.29, 1.82) is 0 Å². The fourth-order valence-corrected chi connectivity index (χ4v) is 1.06. The molecule has 0 unspecified atom stereocenters. The van der Waals surface area contributed by atoms with Crippen LogP contribution in [0.15, 0.2) is 6.33 Å². The normalized spacial score (nSPS) is 12.0. The van der Waals surface area contributed by atoms with Crippen LogP contribution in [0.3, 0.4) is 0 Å². The van der Waals surface area contributed by atoms with Crippen LogP contribution >= 0.6 is 0 Å². The quantitative estimate of drug-likeness (QED) is 0.657. The lowest BCUT2D eigenvalue weighted by Crippen LogP contribution is -2.26. The molecule has 1 heterocycles. The summed E-state index contributed by atoms with van der Waals surface area (Å²) in [5.41, 5.74) is -0.607. The molecule has 0 aromatic carbocycles. The van der Waals surface area contributed by atoms with Crippen molar-refractivity contribution in [3.05, 3.63) is 12.2 Å². The van der Waals surface area contributed by atoms with Gasteiger partial charge in [0.05, 0.1) is 12.1 Å². The summed E-state index contributed by atoms with van der Waals surface area (Å²) in [5, 5.41) is 16.7. The average molecular weight is 198 g/mol. The molecule has 0 spiro atoms. The molecule has 14 heavy (non-hydrogen) atoms. The Morgan fingerprint density at radius 2 is 2.29 bits per heavy atom. The van der Waals surface area contributed by atoms with Crippen molar-refractivity contribution in [2.45, 2.75) is 32.4 Å². The maximum Gasteiger partial charge on any atom is 0.164 e. The molecule has 0 aliphatic heterocycles. The van der Waals surface area contributed by atoms with Gasteiger partial charge in [-0.1, -0.05) is 0 Å². The van der Waals surface area contributed by atoms with E-state index in [1.165, 1.54) is 0 Å². The van der Waals surface area contributed by atoms with Crippen LogP contribution in [-0.2, 0) is 13.6 Å². The zero-order valence-electron chi connectivity index (χ0n) is 8.99. The van der Waals surface area contributed by atoms with Gasteiger partial charge < -0.3 is 10.4 Å². The molecule has 0 aliphatic carbocycles. The Morgan fingerprint density at radius 3 is 2.79 bits per heavy atom. The number of nitrogens with one attached hydrogen (secondary N) is 1. The standard InChI is InChI=1S/C9H18N4O/c1-9(2,14)4-5-10-6-8-11-7-13(3)12-8/h7,10,14H,4-6H2,1-3H3. The van der Waals surface area contributed by atoms with Gasteiger partial charge in [-0.25, -0.2) is 4.98 Å². The number of aromatic nitrogens is 3. The first-order valence-corrected chi connectivity index (χ1v) is 4.75. The Hall–Kier alpha value is -0.940. The number of nitrogens with zero attached hydrogens (tertiary/aromatic N) is 3. The van der Waals surface area contributed by atoms with Gasteiger partial charge in [-0.3, -0.25) is 4.68 Å². The molecule has 0 atom stereocenters. The van der Waals surface area contributed by atoms with Gasteiger partial charge in [0.2, 0.25) is 0 Å². The van der Waals surface area contributed by atoms with Gasteiger partial charge >= 0.3 is 0 Å². The third-order valence-electron chi connectivity index (χ3n) is 1.84. The molecule has 0 fully saturated rings. The van der Waals surface area contributed by atoms with Crippen LogP contribution in [0.4, 0.5) is 0 Å². The zero-order valence-corrected chi connectivity index (χ0v) is 8.99. The molecule has 0 saturated heterocycles. The van der Waals surface area contributed by atoms with Gasteiger partial charge in [-0.05, 0) is 26.8 Å². The van der Waals surface area contributed by atoms with Crippen molar-refractivity contribution in [3.63, 3.8) is 0 Å². The number of aryl methyl sites for hydroxylation is 1. The second kappa shape index (κ2) is 4.52. The molecular formula is C9H18N4O. The molecule has 0 saturated carbocycles. The Bertz CT molecular complexity index is 277. The van der Waals surface area contributed by atoms with Crippen LogP contribution in [0.2, 0.25) is 0 Å². The summed E-state index contributed by atoms with van der Waals surface area (Å²) in [6, 6.07) is 0. The molecular weight excluding hydrogens is 180 g/mol. The van der Waals surface area contributed by atoms with Gasteiger partial charge in [0.25, 0.3) is 0 Å². The number of aliphatic hydroxyl groups is 1. The molecule has 1 rings (SSSR count). The lowest BCUT2D eigenvalue weighted by Gasteiger charge is -2.16. The summed E-state index contributed by atoms with van der Waals surface area (Å²) >= 11 is 0. The Kier molecular flexibility index (Phi) is 3.60. The predicted molar refractivity (Wildman–Crippen MR) is 53.6 cm³/mol. The van der Waals surface area contributed by atoms with E-state index in [4.69, 9.17) is 0 Å². The minimum absolute atomic E-state index is 0.607. The average Bonchev–Trinajstić information content (AvgIpc) is 2.44. The lowest BCUT2D eigenvalue weighted by atomic mass is 10.1. The maximum absolute atomic E-state index is 9.44. The van der Waals surface area contributed by atoms with E-state index in [1.807, 2.05) is 7.05 Å². The fraction of sp³-hybridized carbons (Fsp3) is 0.778. The summed E-state index contributed by atoms with van der Waals surface area (Å²) in [5.74, 6) is 0.781. The molecule has 0 bridgehead atoms. The summed E-state index contributed by atoms with van der Waals surface area (Å²) in [4.78, 5) is 4.08. The van der Waals surface area contributed by atoms with Crippen molar-refractivity contribution < 1.29 is 5.11 Å². The Labute approximate surface area is 84.2 Å². The van der Waals surface area contributed by atoms with Gasteiger partial charge in [0.1, 0.15) is 6.33 Å². The monoisotopic (exact) mass is 198 g/mol. The van der Waals surface area contributed by atoms with Crippen molar-refractivity contribution >= 4 is 0 Å². The van der Waals surface area contributed by atoms with Gasteiger partial charge in [0.15, 0.2) is 5.82 Å². The highest BCUT2D eigenvalue weighted by molar-refractivity contribution is 4.80. The molecule has 80 valence electrons. The molecule has 2 N–H and O–H groups in total. The van der Waals surface area contributed by atoms with E-state index in [-0.39, 0.29) is 0 Å². The minimum atomic E-state index is -0.607. The van der Waals surface area contributed by atoms with Crippen LogP contribution < -0.4 is 5.32 Å². The number of rotatable bonds is 5. The van der Waals surface area contributed by atoms with Gasteiger partial charge in [-0.2, -0.15) is 5.10 Å². The Morgan fingerprint density at radius 1 is 1.57 bits per heavy atom. The molecule has 0 radical (unpaired) electrons. The summed E-state index contributed by atoms with van der Waals surface area (Å²) in [7, 11) is 1.84. The van der Waals surface area contributed by atoms with Crippen LogP contribution in [0.5, 0.6) is 0 Å². The highest BCUT2D eigenvalue weighted by Gasteiger charge is 2.11. The van der Waals surface area contributed by atoms with Crippen LogP contribution in [0.1, 0.15) is 26.1 Å². The smallest absolute Gasteiger partial charge is 0.164 e. The Balaban J connectivity index is 2.16. The van der Waals surface area contributed by atoms with Crippen LogP contribution in [0.25, 0.3) is 0 Å². The first-order chi connectivity index (χ1) is 6.47. The van der Waals surface area contributed by atoms with Crippen LogP contribution in [-0.4, -0.2) is 32.0 Å². The van der Waals surface area contributed by atoms with Crippen molar-refractivity contribution in [1.82, 2.24) is 20.1 Å². The lowest BCUT2D eigenvalue weighted by molar-refractivity contribution is 0.0710. The minimum Gasteiger partial charge on any atom is -0.390 e. The fourth-order valence-electron chi connectivity index (χ4n) is 1.06. The largest absolute Gasteiger partial charge is 0.390 e. The van der Waals surface area contributed by atoms with Crippen molar-refractivity contribution in [3.8, 4) is 0 Å². The van der Waals surface area contributed by atoms with E-state index in [1.54, 1.807) is 24.9 Å². The first kappa shape index (κ1) is 11.1. The summed E-state index contributed by atoms with van der Waals surface area (Å²) in [6.45, 7) is 5.01. The highest BCUT2D eigenvalue weighted by atomic mass is 16.3. The summed E-state index contributed by atoms with van der Waals surface area (Å²) < 4.78 is 1.67. The first-order valence-electron chi connectivity index (χ1n) is 4.75. The number of hydrogen-bond donors (Lipinski definition) is 2. The topological polar surface area (TPSA) is 63.0 Å². The predicted octanol–water partition coefficient (Wildman–Crippen LogP) is 0.0657. The summed E-state index contributed by atoms with van der Waals surface area (Å²) in [6.07, 6.45) is 2.40. The van der Waals surface area contributed by atoms with E-state index in [2.05, 4.69) is 15.4 Å². The molecule has 5 heteroatoms. The van der Waals surface area contributed by atoms with Crippen molar-refractivity contribution in [2.75, 3.05) is 6.54 Å². The third-order valence-corrected chi connectivity index (χ3v) is 1.84. The number of hydrogen-bond acceptors (Lipinski definition) is 4. The van der Waals surface area contributed by atoms with Crippen LogP contribution in [0, 0.1) is 0 Å². The highest BCUT2D eigenvalue weighted by Crippen LogP contribution is 2.04. The van der Waals surface area contributed by atoms with E-state index in [9.17, 15) is 5.11 Å². The molecule has 5 nitrogen and oxygen atoms in total.